The number of carboxylic acids is 1. The van der Waals surface area contributed by atoms with Gasteiger partial charge in [0.2, 0.25) is 0 Å². The summed E-state index contributed by atoms with van der Waals surface area (Å²) in [5.41, 5.74) is 3.83. The lowest BCUT2D eigenvalue weighted by Gasteiger charge is -2.25. The van der Waals surface area contributed by atoms with Gasteiger partial charge >= 0.3 is 5.97 Å². The van der Waals surface area contributed by atoms with Gasteiger partial charge in [0.15, 0.2) is 0 Å². The number of likely N-dealkylation sites (N-methyl/N-ethyl adjacent to an activating group) is 1. The van der Waals surface area contributed by atoms with E-state index in [4.69, 9.17) is 37.8 Å². The highest BCUT2D eigenvalue weighted by Gasteiger charge is 2.17. The lowest BCUT2D eigenvalue weighted by Crippen LogP contribution is -2.26. The second-order valence-corrected chi connectivity index (χ2v) is 11.1. The third-order valence-corrected chi connectivity index (χ3v) is 7.46. The molecule has 0 amide bonds. The normalized spacial score (nSPS) is 12.0. The number of benzene rings is 4. The Morgan fingerprint density at radius 1 is 0.762 bits per heavy atom. The van der Waals surface area contributed by atoms with Gasteiger partial charge in [-0.3, -0.25) is 0 Å². The molecule has 8 heteroatoms. The van der Waals surface area contributed by atoms with Gasteiger partial charge < -0.3 is 24.6 Å². The molecule has 0 aliphatic carbocycles. The number of ether oxygens (including phenoxy) is 2. The average Bonchev–Trinajstić information content (AvgIpc) is 2.99. The van der Waals surface area contributed by atoms with Crippen LogP contribution in [0.15, 0.2) is 97.1 Å². The molecule has 6 nitrogen and oxygen atoms in total. The van der Waals surface area contributed by atoms with Crippen LogP contribution in [-0.4, -0.2) is 60.5 Å². The van der Waals surface area contributed by atoms with Crippen molar-refractivity contribution in [2.24, 2.45) is 0 Å². The highest BCUT2D eigenvalue weighted by Crippen LogP contribution is 2.28. The van der Waals surface area contributed by atoms with Crippen molar-refractivity contribution in [3.63, 3.8) is 0 Å². The van der Waals surface area contributed by atoms with Gasteiger partial charge in [-0.2, -0.15) is 0 Å². The summed E-state index contributed by atoms with van der Waals surface area (Å²) in [7, 11) is 2.15. The van der Waals surface area contributed by atoms with Crippen LogP contribution in [0, 0.1) is 0 Å². The Hall–Kier alpha value is -3.55. The average molecular weight is 609 g/mol. The molecule has 1 atom stereocenters. The number of nitrogens with zero attached hydrogens (tertiary/aromatic N) is 1. The van der Waals surface area contributed by atoms with Gasteiger partial charge in [-0.25, -0.2) is 4.79 Å². The van der Waals surface area contributed by atoms with E-state index in [9.17, 15) is 9.90 Å². The van der Waals surface area contributed by atoms with Gasteiger partial charge in [0.25, 0.3) is 0 Å². The van der Waals surface area contributed by atoms with Gasteiger partial charge in [0.1, 0.15) is 30.8 Å². The van der Waals surface area contributed by atoms with Crippen LogP contribution in [0.5, 0.6) is 11.5 Å². The maximum Gasteiger partial charge on any atom is 0.335 e. The van der Waals surface area contributed by atoms with Gasteiger partial charge in [0, 0.05) is 22.5 Å². The summed E-state index contributed by atoms with van der Waals surface area (Å²) in [4.78, 5) is 13.3. The second kappa shape index (κ2) is 15.6. The molecule has 4 aromatic rings. The molecule has 4 rings (SSSR count). The predicted octanol–water partition coefficient (Wildman–Crippen LogP) is 7.21. The molecule has 0 saturated carbocycles. The van der Waals surface area contributed by atoms with Crippen molar-refractivity contribution >= 4 is 29.2 Å². The summed E-state index contributed by atoms with van der Waals surface area (Å²) in [6.45, 7) is 1.94. The molecular weight excluding hydrogens is 573 g/mol. The van der Waals surface area contributed by atoms with Crippen LogP contribution >= 0.6 is 23.2 Å². The fourth-order valence-electron chi connectivity index (χ4n) is 4.63. The van der Waals surface area contributed by atoms with E-state index in [1.54, 1.807) is 12.1 Å². The summed E-state index contributed by atoms with van der Waals surface area (Å²) in [5, 5.41) is 20.6. The molecule has 220 valence electrons. The van der Waals surface area contributed by atoms with Crippen molar-refractivity contribution in [2.75, 3.05) is 33.4 Å². The van der Waals surface area contributed by atoms with Gasteiger partial charge in [-0.15, -0.1) is 0 Å². The zero-order valence-electron chi connectivity index (χ0n) is 23.5. The van der Waals surface area contributed by atoms with Gasteiger partial charge in [-0.05, 0) is 104 Å². The topological polar surface area (TPSA) is 79.2 Å². The van der Waals surface area contributed by atoms with Crippen LogP contribution in [0.4, 0.5) is 0 Å². The molecule has 1 unspecified atom stereocenters. The molecule has 0 spiro atoms. The molecular formula is C34H35Cl2NO5. The zero-order valence-corrected chi connectivity index (χ0v) is 25.0. The summed E-state index contributed by atoms with van der Waals surface area (Å²) >= 11 is 12.3. The first-order valence-corrected chi connectivity index (χ1v) is 14.6. The number of hydrogen-bond donors (Lipinski definition) is 2. The van der Waals surface area contributed by atoms with Crippen molar-refractivity contribution in [1.29, 1.82) is 0 Å². The maximum absolute atomic E-state index is 10.9. The Morgan fingerprint density at radius 2 is 1.24 bits per heavy atom. The summed E-state index contributed by atoms with van der Waals surface area (Å²) in [6, 6.07) is 30.1. The van der Waals surface area contributed by atoms with E-state index in [1.807, 2.05) is 48.5 Å². The Kier molecular flexibility index (Phi) is 11.7. The Labute approximate surface area is 257 Å². The number of rotatable bonds is 15. The minimum atomic E-state index is -0.998. The van der Waals surface area contributed by atoms with E-state index in [1.165, 1.54) is 28.8 Å². The number of hydrogen-bond acceptors (Lipinski definition) is 5. The highest BCUT2D eigenvalue weighted by molar-refractivity contribution is 6.30. The molecule has 0 radical (unpaired) electrons. The minimum absolute atomic E-state index is 0.0366. The molecule has 42 heavy (non-hydrogen) atoms. The molecule has 0 aromatic heterocycles. The van der Waals surface area contributed by atoms with E-state index < -0.39 is 12.1 Å². The number of aliphatic hydroxyl groups is 1. The van der Waals surface area contributed by atoms with Crippen LogP contribution in [0.3, 0.4) is 0 Å². The minimum Gasteiger partial charge on any atom is -0.491 e. The second-order valence-electron chi connectivity index (χ2n) is 10.3. The summed E-state index contributed by atoms with van der Waals surface area (Å²) in [5.74, 6) is 0.371. The van der Waals surface area contributed by atoms with Crippen LogP contribution in [0.2, 0.25) is 10.0 Å². The Bertz CT molecular complexity index is 1350. The first-order chi connectivity index (χ1) is 20.3. The smallest absolute Gasteiger partial charge is 0.335 e. The van der Waals surface area contributed by atoms with Crippen LogP contribution in [0.1, 0.15) is 39.4 Å². The maximum atomic E-state index is 10.9. The number of carboxylic acid groups (broad SMARTS) is 1. The van der Waals surface area contributed by atoms with E-state index in [2.05, 4.69) is 36.2 Å². The molecule has 0 heterocycles. The summed E-state index contributed by atoms with van der Waals surface area (Å²) in [6.07, 6.45) is 1.12. The highest BCUT2D eigenvalue weighted by atomic mass is 35.5. The number of halogens is 2. The van der Waals surface area contributed by atoms with Crippen LogP contribution in [0.25, 0.3) is 0 Å². The molecule has 0 aliphatic rings. The molecule has 0 fully saturated rings. The molecule has 2 N–H and O–H groups in total. The Balaban J connectivity index is 1.20. The molecule has 0 bridgehead atoms. The first kappa shape index (κ1) is 31.4. The quantitative estimate of drug-likeness (QED) is 0.149. The lowest BCUT2D eigenvalue weighted by molar-refractivity contribution is 0.0625. The first-order valence-electron chi connectivity index (χ1n) is 13.8. The van der Waals surface area contributed by atoms with Crippen LogP contribution < -0.4 is 9.47 Å². The number of carbonyl (C=O) groups is 1. The van der Waals surface area contributed by atoms with Gasteiger partial charge in [-0.1, -0.05) is 59.6 Å². The van der Waals surface area contributed by atoms with E-state index in [-0.39, 0.29) is 24.7 Å². The fourth-order valence-corrected chi connectivity index (χ4v) is 4.88. The Morgan fingerprint density at radius 3 is 1.71 bits per heavy atom. The largest absolute Gasteiger partial charge is 0.491 e. The van der Waals surface area contributed by atoms with Crippen molar-refractivity contribution in [1.82, 2.24) is 4.90 Å². The van der Waals surface area contributed by atoms with Gasteiger partial charge in [0.05, 0.1) is 5.56 Å². The summed E-state index contributed by atoms with van der Waals surface area (Å²) < 4.78 is 11.2. The SMILES string of the molecule is CN(CCCc1ccc(OCC(O)COc2ccc(C(=O)O)cc2)cc1)CC(c1ccc(Cl)cc1)c1ccc(Cl)cc1. The standard InChI is InChI=1S/C34H35Cl2NO5/c1-37(21-33(25-6-12-28(35)13-7-25)26-8-14-29(36)15-9-26)20-2-3-24-4-16-31(17-5-24)41-22-30(38)23-42-32-18-10-27(11-19-32)34(39)40/h4-19,30,33,38H,2-3,20-23H2,1H3,(H,39,40). The molecule has 0 aliphatic heterocycles. The van der Waals surface area contributed by atoms with Crippen molar-refractivity contribution in [3.8, 4) is 11.5 Å². The zero-order chi connectivity index (χ0) is 29.9. The molecule has 0 saturated heterocycles. The van der Waals surface area contributed by atoms with Crippen molar-refractivity contribution < 1.29 is 24.5 Å². The fraction of sp³-hybridized carbons (Fsp3) is 0.265. The third-order valence-electron chi connectivity index (χ3n) is 6.95. The van der Waals surface area contributed by atoms with Crippen molar-refractivity contribution in [2.45, 2.75) is 24.9 Å². The van der Waals surface area contributed by atoms with E-state index >= 15 is 0 Å². The molecule has 4 aromatic carbocycles. The van der Waals surface area contributed by atoms with Crippen LogP contribution in [-0.2, 0) is 6.42 Å². The van der Waals surface area contributed by atoms with E-state index in [0.29, 0.717) is 11.5 Å². The van der Waals surface area contributed by atoms with Crippen molar-refractivity contribution in [3.05, 3.63) is 129 Å². The monoisotopic (exact) mass is 607 g/mol. The third kappa shape index (κ3) is 9.78. The predicted molar refractivity (Wildman–Crippen MR) is 167 cm³/mol. The number of aryl methyl sites for hydroxylation is 1. The number of aliphatic hydroxyl groups excluding tert-OH is 1. The van der Waals surface area contributed by atoms with E-state index in [0.717, 1.165) is 36.0 Å². The lowest BCUT2D eigenvalue weighted by atomic mass is 9.91. The number of aromatic carboxylic acids is 1.